The Morgan fingerprint density at radius 3 is 2.42 bits per heavy atom. The summed E-state index contributed by atoms with van der Waals surface area (Å²) in [6, 6.07) is 2.56. The van der Waals surface area contributed by atoms with Gasteiger partial charge in [-0.05, 0) is 96.7 Å². The zero-order valence-corrected chi connectivity index (χ0v) is 23.7. The van der Waals surface area contributed by atoms with E-state index in [1.807, 2.05) is 0 Å². The van der Waals surface area contributed by atoms with Crippen molar-refractivity contribution in [1.82, 2.24) is 19.9 Å². The van der Waals surface area contributed by atoms with Crippen molar-refractivity contribution in [2.75, 3.05) is 4.90 Å². The molecular weight excluding hydrogens is 517 g/mol. The molecule has 0 saturated heterocycles. The number of hydrogen-bond acceptors (Lipinski definition) is 7. The van der Waals surface area contributed by atoms with Crippen LogP contribution in [0.4, 0.5) is 19.8 Å². The standard InChI is InChI=1S/C26H35ClFN5O5/c1-15-17(12-19(16(2)28)29-23(34)37-25(3,4)5)13-33-20(15)21(30-22(27)31-33)32(14-18-10-9-11-36-18)24(35)38-26(6,7)8/h9-11,13,16,19H,12,14H2,1-8H3,(H,29,34)/t16-,19+/m0/s1. The Balaban J connectivity index is 2.04. The van der Waals surface area contributed by atoms with Crippen LogP contribution in [0.15, 0.2) is 29.0 Å². The summed E-state index contributed by atoms with van der Waals surface area (Å²) < 4.78 is 32.5. The number of carbonyl (C=O) groups excluding carboxylic acids is 2. The topological polar surface area (TPSA) is 111 Å². The molecule has 0 aliphatic carbocycles. The summed E-state index contributed by atoms with van der Waals surface area (Å²) in [5.41, 5.74) is 0.335. The van der Waals surface area contributed by atoms with E-state index in [2.05, 4.69) is 15.4 Å². The van der Waals surface area contributed by atoms with E-state index in [0.717, 1.165) is 0 Å². The Morgan fingerprint density at radius 1 is 1.21 bits per heavy atom. The highest BCUT2D eigenvalue weighted by atomic mass is 35.5. The molecule has 0 aliphatic rings. The minimum absolute atomic E-state index is 0.0230. The number of nitrogens with one attached hydrogen (secondary N) is 1. The summed E-state index contributed by atoms with van der Waals surface area (Å²) in [6.45, 7) is 13.7. The molecule has 3 rings (SSSR count). The molecule has 0 fully saturated rings. The van der Waals surface area contributed by atoms with Crippen molar-refractivity contribution in [3.8, 4) is 0 Å². The maximum atomic E-state index is 14.6. The van der Waals surface area contributed by atoms with Crippen LogP contribution in [-0.4, -0.2) is 50.2 Å². The monoisotopic (exact) mass is 551 g/mol. The molecule has 0 radical (unpaired) electrons. The van der Waals surface area contributed by atoms with Gasteiger partial charge in [0.25, 0.3) is 0 Å². The fourth-order valence-corrected chi connectivity index (χ4v) is 3.91. The second kappa shape index (κ2) is 11.2. The highest BCUT2D eigenvalue weighted by Gasteiger charge is 2.30. The minimum atomic E-state index is -1.38. The second-order valence-corrected chi connectivity index (χ2v) is 11.4. The molecule has 10 nitrogen and oxygen atoms in total. The lowest BCUT2D eigenvalue weighted by Gasteiger charge is -2.26. The summed E-state index contributed by atoms with van der Waals surface area (Å²) in [5.74, 6) is 0.699. The summed E-state index contributed by atoms with van der Waals surface area (Å²) in [6.07, 6.45) is 0.557. The van der Waals surface area contributed by atoms with Gasteiger partial charge in [-0.3, -0.25) is 4.90 Å². The SMILES string of the molecule is Cc1c(C[C@@H](NC(=O)OC(C)(C)C)[C@H](C)F)cn2nc(Cl)nc(N(Cc3ccco3)C(=O)OC(C)(C)C)c12. The maximum Gasteiger partial charge on any atom is 0.416 e. The van der Waals surface area contributed by atoms with Gasteiger partial charge in [0.1, 0.15) is 28.7 Å². The number of alkyl halides is 1. The number of ether oxygens (including phenoxy) is 2. The Hall–Kier alpha value is -3.34. The second-order valence-electron chi connectivity index (χ2n) is 11.1. The smallest absolute Gasteiger partial charge is 0.416 e. The molecule has 0 unspecified atom stereocenters. The Bertz CT molecular complexity index is 1280. The van der Waals surface area contributed by atoms with Crippen LogP contribution in [-0.2, 0) is 22.4 Å². The van der Waals surface area contributed by atoms with E-state index in [1.54, 1.807) is 66.8 Å². The lowest BCUT2D eigenvalue weighted by molar-refractivity contribution is 0.0476. The van der Waals surface area contributed by atoms with E-state index in [-0.39, 0.29) is 24.1 Å². The van der Waals surface area contributed by atoms with Crippen LogP contribution in [0.3, 0.4) is 0 Å². The highest BCUT2D eigenvalue weighted by molar-refractivity contribution is 6.28. The fourth-order valence-electron chi connectivity index (χ4n) is 3.75. The quantitative estimate of drug-likeness (QED) is 0.382. The van der Waals surface area contributed by atoms with Crippen molar-refractivity contribution < 1.29 is 27.9 Å². The van der Waals surface area contributed by atoms with Crippen LogP contribution >= 0.6 is 11.6 Å². The van der Waals surface area contributed by atoms with Gasteiger partial charge < -0.3 is 19.2 Å². The number of alkyl carbamates (subject to hydrolysis) is 1. The molecule has 208 valence electrons. The number of hydrogen-bond donors (Lipinski definition) is 1. The Kier molecular flexibility index (Phi) is 8.60. The van der Waals surface area contributed by atoms with Gasteiger partial charge in [-0.2, -0.15) is 4.98 Å². The number of amides is 2. The van der Waals surface area contributed by atoms with Gasteiger partial charge in [-0.1, -0.05) is 0 Å². The summed E-state index contributed by atoms with van der Waals surface area (Å²) in [5, 5.41) is 6.76. The van der Waals surface area contributed by atoms with Gasteiger partial charge in [0.2, 0.25) is 5.28 Å². The normalized spacial score (nSPS) is 13.7. The zero-order chi connectivity index (χ0) is 28.4. The largest absolute Gasteiger partial charge is 0.467 e. The third-order valence-corrected chi connectivity index (χ3v) is 5.56. The van der Waals surface area contributed by atoms with Crippen molar-refractivity contribution in [1.29, 1.82) is 0 Å². The van der Waals surface area contributed by atoms with Crippen LogP contribution in [0.1, 0.15) is 65.4 Å². The first-order valence-corrected chi connectivity index (χ1v) is 12.6. The summed E-state index contributed by atoms with van der Waals surface area (Å²) in [7, 11) is 0. The third-order valence-electron chi connectivity index (χ3n) is 5.40. The molecule has 0 bridgehead atoms. The van der Waals surface area contributed by atoms with Crippen LogP contribution in [0.5, 0.6) is 0 Å². The number of nitrogens with zero attached hydrogens (tertiary/aromatic N) is 4. The lowest BCUT2D eigenvalue weighted by atomic mass is 10.0. The number of aromatic nitrogens is 3. The van der Waals surface area contributed by atoms with Crippen molar-refractivity contribution in [3.05, 3.63) is 46.8 Å². The Morgan fingerprint density at radius 2 is 1.87 bits per heavy atom. The lowest BCUT2D eigenvalue weighted by Crippen LogP contribution is -2.44. The molecule has 0 spiro atoms. The number of furan rings is 1. The van der Waals surface area contributed by atoms with Crippen molar-refractivity contribution in [3.63, 3.8) is 0 Å². The number of carbonyl (C=O) groups is 2. The molecule has 12 heteroatoms. The molecule has 3 heterocycles. The molecule has 0 aliphatic heterocycles. The molecule has 0 saturated carbocycles. The van der Waals surface area contributed by atoms with E-state index in [4.69, 9.17) is 25.5 Å². The first-order chi connectivity index (χ1) is 17.5. The number of fused-ring (bicyclic) bond motifs is 1. The maximum absolute atomic E-state index is 14.6. The molecule has 3 aromatic heterocycles. The number of halogens is 2. The minimum Gasteiger partial charge on any atom is -0.467 e. The molecule has 2 atom stereocenters. The average Bonchev–Trinajstić information content (AvgIpc) is 3.36. The summed E-state index contributed by atoms with van der Waals surface area (Å²) >= 11 is 6.26. The van der Waals surface area contributed by atoms with Crippen LogP contribution in [0.2, 0.25) is 5.28 Å². The van der Waals surface area contributed by atoms with Crippen LogP contribution in [0.25, 0.3) is 5.52 Å². The van der Waals surface area contributed by atoms with E-state index in [1.165, 1.54) is 22.6 Å². The number of rotatable bonds is 7. The van der Waals surface area contributed by atoms with Crippen LogP contribution < -0.4 is 10.2 Å². The predicted octanol–water partition coefficient (Wildman–Crippen LogP) is 6.02. The number of anilines is 1. The van der Waals surface area contributed by atoms with E-state index < -0.39 is 35.6 Å². The van der Waals surface area contributed by atoms with Crippen molar-refractivity contribution in [2.45, 2.75) is 91.8 Å². The number of aryl methyl sites for hydroxylation is 1. The molecule has 2 amide bonds. The fraction of sp³-hybridized carbons (Fsp3) is 0.538. The zero-order valence-electron chi connectivity index (χ0n) is 23.0. The van der Waals surface area contributed by atoms with E-state index >= 15 is 0 Å². The molecular formula is C26H35ClFN5O5. The molecule has 1 N–H and O–H groups in total. The molecule has 3 aromatic rings. The predicted molar refractivity (Wildman–Crippen MR) is 141 cm³/mol. The average molecular weight is 552 g/mol. The molecule has 38 heavy (non-hydrogen) atoms. The van der Waals surface area contributed by atoms with E-state index in [9.17, 15) is 14.0 Å². The Labute approximate surface area is 226 Å². The van der Waals surface area contributed by atoms with Gasteiger partial charge in [-0.25, -0.2) is 18.5 Å². The first-order valence-electron chi connectivity index (χ1n) is 12.2. The van der Waals surface area contributed by atoms with Gasteiger partial charge in [-0.15, -0.1) is 5.10 Å². The van der Waals surface area contributed by atoms with Gasteiger partial charge in [0, 0.05) is 6.20 Å². The third kappa shape index (κ3) is 7.59. The van der Waals surface area contributed by atoms with E-state index in [0.29, 0.717) is 22.4 Å². The highest BCUT2D eigenvalue weighted by Crippen LogP contribution is 2.30. The first kappa shape index (κ1) is 29.2. The van der Waals surface area contributed by atoms with Crippen molar-refractivity contribution in [2.24, 2.45) is 0 Å². The van der Waals surface area contributed by atoms with Crippen molar-refractivity contribution >= 4 is 35.1 Å². The molecule has 0 aromatic carbocycles. The summed E-state index contributed by atoms with van der Waals surface area (Å²) in [4.78, 5) is 31.3. The van der Waals surface area contributed by atoms with Crippen LogP contribution in [0, 0.1) is 6.92 Å². The van der Waals surface area contributed by atoms with Gasteiger partial charge in [0.05, 0.1) is 18.8 Å². The van der Waals surface area contributed by atoms with Gasteiger partial charge >= 0.3 is 12.2 Å². The van der Waals surface area contributed by atoms with Gasteiger partial charge in [0.15, 0.2) is 5.82 Å².